The Hall–Kier alpha value is -1.26. The van der Waals surface area contributed by atoms with Crippen LogP contribution in [0.15, 0.2) is 18.2 Å². The number of rotatable bonds is 4. The molecule has 1 rings (SSSR count). The lowest BCUT2D eigenvalue weighted by molar-refractivity contribution is 0.0388. The second-order valence-corrected chi connectivity index (χ2v) is 3.28. The van der Waals surface area contributed by atoms with Gasteiger partial charge in [0.15, 0.2) is 0 Å². The lowest BCUT2D eigenvalue weighted by atomic mass is 10.2. The zero-order chi connectivity index (χ0) is 11.3. The van der Waals surface area contributed by atoms with Gasteiger partial charge in [0, 0.05) is 12.8 Å². The first-order valence-corrected chi connectivity index (χ1v) is 4.74. The summed E-state index contributed by atoms with van der Waals surface area (Å²) in [6.07, 6.45) is 0. The first-order chi connectivity index (χ1) is 7.15. The van der Waals surface area contributed by atoms with Crippen LogP contribution in [0.3, 0.4) is 0 Å². The molecule has 0 aliphatic rings. The van der Waals surface area contributed by atoms with E-state index in [2.05, 4.69) is 0 Å². The van der Waals surface area contributed by atoms with Crippen LogP contribution in [0.25, 0.3) is 0 Å². The quantitative estimate of drug-likeness (QED) is 0.485. The number of nitrogens with two attached hydrogens (primary N) is 1. The Balaban J connectivity index is 2.65. The minimum absolute atomic E-state index is 0.204. The summed E-state index contributed by atoms with van der Waals surface area (Å²) in [4.78, 5) is 11.4. The molecule has 0 bridgehead atoms. The smallest absolute Gasteiger partial charge is 0.339 e. The summed E-state index contributed by atoms with van der Waals surface area (Å²) in [5, 5.41) is 0.289. The topological polar surface area (TPSA) is 61.5 Å². The zero-order valence-electron chi connectivity index (χ0n) is 8.33. The molecule has 1 aromatic carbocycles. The van der Waals surface area contributed by atoms with Crippen LogP contribution in [-0.2, 0) is 9.47 Å². The number of halogens is 1. The highest BCUT2D eigenvalue weighted by molar-refractivity contribution is 6.33. The van der Waals surface area contributed by atoms with Crippen LogP contribution in [0.4, 0.5) is 5.69 Å². The van der Waals surface area contributed by atoms with Gasteiger partial charge in [0.2, 0.25) is 0 Å². The van der Waals surface area contributed by atoms with E-state index in [-0.39, 0.29) is 11.6 Å². The van der Waals surface area contributed by atoms with Gasteiger partial charge in [-0.1, -0.05) is 11.6 Å². The molecule has 1 aromatic rings. The average Bonchev–Trinajstić information content (AvgIpc) is 2.17. The summed E-state index contributed by atoms with van der Waals surface area (Å²) in [6.45, 7) is 0.564. The number of esters is 1. The van der Waals surface area contributed by atoms with E-state index in [4.69, 9.17) is 26.8 Å². The molecule has 2 N–H and O–H groups in total. The normalized spacial score (nSPS) is 10.0. The lowest BCUT2D eigenvalue weighted by Crippen LogP contribution is -2.10. The van der Waals surface area contributed by atoms with Crippen LogP contribution in [0.5, 0.6) is 0 Å². The molecule has 0 unspecified atom stereocenters. The Bertz CT molecular complexity index is 355. The summed E-state index contributed by atoms with van der Waals surface area (Å²) in [6, 6.07) is 4.64. The molecular formula is C10H12ClNO3. The van der Waals surface area contributed by atoms with Gasteiger partial charge in [-0.2, -0.15) is 0 Å². The summed E-state index contributed by atoms with van der Waals surface area (Å²) in [5.74, 6) is -0.475. The van der Waals surface area contributed by atoms with Crippen LogP contribution in [0, 0.1) is 0 Å². The summed E-state index contributed by atoms with van der Waals surface area (Å²) in [5.41, 5.74) is 6.31. The molecule has 0 aliphatic heterocycles. The van der Waals surface area contributed by atoms with Gasteiger partial charge < -0.3 is 15.2 Å². The van der Waals surface area contributed by atoms with Crippen LogP contribution < -0.4 is 5.73 Å². The van der Waals surface area contributed by atoms with Gasteiger partial charge >= 0.3 is 5.97 Å². The third-order valence-electron chi connectivity index (χ3n) is 1.73. The molecule has 0 saturated carbocycles. The van der Waals surface area contributed by atoms with E-state index < -0.39 is 5.97 Å². The molecule has 0 saturated heterocycles. The van der Waals surface area contributed by atoms with Crippen molar-refractivity contribution in [1.29, 1.82) is 0 Å². The molecule has 15 heavy (non-hydrogen) atoms. The van der Waals surface area contributed by atoms with Crippen molar-refractivity contribution in [3.63, 3.8) is 0 Å². The number of ether oxygens (including phenoxy) is 2. The Morgan fingerprint density at radius 3 is 2.80 bits per heavy atom. The number of benzene rings is 1. The van der Waals surface area contributed by atoms with Crippen molar-refractivity contribution < 1.29 is 14.3 Å². The Morgan fingerprint density at radius 2 is 2.20 bits per heavy atom. The molecule has 0 aromatic heterocycles. The predicted octanol–water partition coefficient (Wildman–Crippen LogP) is 1.73. The molecule has 0 fully saturated rings. The van der Waals surface area contributed by atoms with Gasteiger partial charge in [-0.05, 0) is 18.2 Å². The molecule has 0 spiro atoms. The number of nitrogen functional groups attached to an aromatic ring is 1. The van der Waals surface area contributed by atoms with Gasteiger partial charge in [-0.3, -0.25) is 0 Å². The number of hydrogen-bond acceptors (Lipinski definition) is 4. The number of methoxy groups -OCH3 is 1. The molecule has 0 atom stereocenters. The first kappa shape index (κ1) is 11.8. The van der Waals surface area contributed by atoms with E-state index in [1.54, 1.807) is 6.07 Å². The fourth-order valence-electron chi connectivity index (χ4n) is 0.992. The maximum absolute atomic E-state index is 11.4. The third kappa shape index (κ3) is 3.42. The van der Waals surface area contributed by atoms with Crippen molar-refractivity contribution in [3.8, 4) is 0 Å². The highest BCUT2D eigenvalue weighted by atomic mass is 35.5. The van der Waals surface area contributed by atoms with Crippen molar-refractivity contribution in [2.75, 3.05) is 26.1 Å². The van der Waals surface area contributed by atoms with E-state index in [0.29, 0.717) is 17.9 Å². The molecule has 0 heterocycles. The minimum atomic E-state index is -0.475. The third-order valence-corrected chi connectivity index (χ3v) is 2.05. The monoisotopic (exact) mass is 229 g/mol. The molecule has 0 radical (unpaired) electrons. The molecule has 5 heteroatoms. The molecule has 4 nitrogen and oxygen atoms in total. The SMILES string of the molecule is COCCOC(=O)c1ccc(N)cc1Cl. The summed E-state index contributed by atoms with van der Waals surface area (Å²) in [7, 11) is 1.53. The lowest BCUT2D eigenvalue weighted by Gasteiger charge is -2.05. The molecule has 0 amide bonds. The average molecular weight is 230 g/mol. The minimum Gasteiger partial charge on any atom is -0.460 e. The maximum atomic E-state index is 11.4. The first-order valence-electron chi connectivity index (χ1n) is 4.36. The Kier molecular flexibility index (Phi) is 4.39. The van der Waals surface area contributed by atoms with E-state index in [0.717, 1.165) is 0 Å². The van der Waals surface area contributed by atoms with Gasteiger partial charge in [-0.25, -0.2) is 4.79 Å². The summed E-state index contributed by atoms with van der Waals surface area (Å²) >= 11 is 5.83. The zero-order valence-corrected chi connectivity index (χ0v) is 9.08. The standard InChI is InChI=1S/C10H12ClNO3/c1-14-4-5-15-10(13)8-3-2-7(12)6-9(8)11/h2-3,6H,4-5,12H2,1H3. The van der Waals surface area contributed by atoms with Crippen molar-refractivity contribution in [3.05, 3.63) is 28.8 Å². The highest BCUT2D eigenvalue weighted by Crippen LogP contribution is 2.19. The van der Waals surface area contributed by atoms with Crippen LogP contribution in [0.2, 0.25) is 5.02 Å². The van der Waals surface area contributed by atoms with Crippen LogP contribution >= 0.6 is 11.6 Å². The maximum Gasteiger partial charge on any atom is 0.339 e. The van der Waals surface area contributed by atoms with E-state index in [9.17, 15) is 4.79 Å². The number of hydrogen-bond donors (Lipinski definition) is 1. The van der Waals surface area contributed by atoms with E-state index in [1.165, 1.54) is 19.2 Å². The number of carbonyl (C=O) groups is 1. The van der Waals surface area contributed by atoms with Crippen molar-refractivity contribution in [1.82, 2.24) is 0 Å². The fourth-order valence-corrected chi connectivity index (χ4v) is 1.26. The van der Waals surface area contributed by atoms with Gasteiger partial charge in [-0.15, -0.1) is 0 Å². The number of carbonyl (C=O) groups excluding carboxylic acids is 1. The van der Waals surface area contributed by atoms with Crippen molar-refractivity contribution in [2.24, 2.45) is 0 Å². The van der Waals surface area contributed by atoms with Crippen molar-refractivity contribution in [2.45, 2.75) is 0 Å². The Labute approximate surface area is 92.9 Å². The molecule has 82 valence electrons. The van der Waals surface area contributed by atoms with Gasteiger partial charge in [0.1, 0.15) is 6.61 Å². The molecule has 0 aliphatic carbocycles. The van der Waals surface area contributed by atoms with Crippen LogP contribution in [-0.4, -0.2) is 26.3 Å². The van der Waals surface area contributed by atoms with Gasteiger partial charge in [0.25, 0.3) is 0 Å². The number of anilines is 1. The van der Waals surface area contributed by atoms with E-state index in [1.807, 2.05) is 0 Å². The highest BCUT2D eigenvalue weighted by Gasteiger charge is 2.11. The summed E-state index contributed by atoms with van der Waals surface area (Å²) < 4.78 is 9.65. The molecular weight excluding hydrogens is 218 g/mol. The second kappa shape index (κ2) is 5.58. The largest absolute Gasteiger partial charge is 0.460 e. The fraction of sp³-hybridized carbons (Fsp3) is 0.300. The second-order valence-electron chi connectivity index (χ2n) is 2.87. The van der Waals surface area contributed by atoms with Crippen molar-refractivity contribution >= 4 is 23.3 Å². The Morgan fingerprint density at radius 1 is 1.47 bits per heavy atom. The van der Waals surface area contributed by atoms with Crippen LogP contribution in [0.1, 0.15) is 10.4 Å². The van der Waals surface area contributed by atoms with Gasteiger partial charge in [0.05, 0.1) is 17.2 Å². The predicted molar refractivity (Wildman–Crippen MR) is 58.0 cm³/mol. The van der Waals surface area contributed by atoms with E-state index >= 15 is 0 Å².